The third kappa shape index (κ3) is 4.67. The van der Waals surface area contributed by atoms with Gasteiger partial charge in [0.1, 0.15) is 11.5 Å². The number of aliphatic carboxylic acids is 1. The number of carbonyl (C=O) groups is 2. The van der Waals surface area contributed by atoms with Gasteiger partial charge in [-0.05, 0) is 37.1 Å². The van der Waals surface area contributed by atoms with E-state index in [0.29, 0.717) is 16.3 Å². The smallest absolute Gasteiger partial charge is 0.307 e. The van der Waals surface area contributed by atoms with E-state index in [0.717, 1.165) is 32.1 Å². The molecule has 0 unspecified atom stereocenters. The molecular formula is C24H23ClFN3O3. The van der Waals surface area contributed by atoms with Crippen LogP contribution in [0.3, 0.4) is 0 Å². The molecule has 1 fully saturated rings. The molecule has 1 aliphatic carbocycles. The third-order valence-electron chi connectivity index (χ3n) is 5.67. The number of carboxylic acids is 1. The lowest BCUT2D eigenvalue weighted by atomic mass is 9.95. The summed E-state index contributed by atoms with van der Waals surface area (Å²) >= 11 is 6.03. The molecule has 3 aromatic rings. The summed E-state index contributed by atoms with van der Waals surface area (Å²) in [7, 11) is 0. The van der Waals surface area contributed by atoms with Gasteiger partial charge in [0.25, 0.3) is 5.91 Å². The predicted molar refractivity (Wildman–Crippen MR) is 120 cm³/mol. The lowest BCUT2D eigenvalue weighted by Crippen LogP contribution is -2.37. The van der Waals surface area contributed by atoms with Crippen LogP contribution in [0.25, 0.3) is 16.9 Å². The van der Waals surface area contributed by atoms with Gasteiger partial charge in [-0.2, -0.15) is 5.10 Å². The summed E-state index contributed by atoms with van der Waals surface area (Å²) in [6.45, 7) is 0. The van der Waals surface area contributed by atoms with Gasteiger partial charge in [-0.3, -0.25) is 9.59 Å². The highest BCUT2D eigenvalue weighted by Gasteiger charge is 2.28. The van der Waals surface area contributed by atoms with Crippen molar-refractivity contribution in [3.05, 3.63) is 70.6 Å². The largest absolute Gasteiger partial charge is 0.481 e. The number of benzene rings is 2. The van der Waals surface area contributed by atoms with Crippen molar-refractivity contribution in [2.45, 2.75) is 44.6 Å². The summed E-state index contributed by atoms with van der Waals surface area (Å²) in [6.07, 6.45) is 4.52. The maximum absolute atomic E-state index is 14.7. The SMILES string of the molecule is O=C(O)Cc1c(C(=O)NC2CCCCC2)nn(-c2ccccc2F)c1-c1ccc(Cl)cc1. The second-order valence-electron chi connectivity index (χ2n) is 7.92. The number of halogens is 2. The number of nitrogens with zero attached hydrogens (tertiary/aromatic N) is 2. The molecule has 0 aliphatic heterocycles. The van der Waals surface area contributed by atoms with Crippen molar-refractivity contribution in [1.29, 1.82) is 0 Å². The van der Waals surface area contributed by atoms with Crippen LogP contribution in [-0.4, -0.2) is 32.8 Å². The van der Waals surface area contributed by atoms with Crippen LogP contribution < -0.4 is 5.32 Å². The molecule has 4 rings (SSSR count). The van der Waals surface area contributed by atoms with Crippen LogP contribution in [0, 0.1) is 5.82 Å². The highest BCUT2D eigenvalue weighted by atomic mass is 35.5. The molecule has 2 aromatic carbocycles. The Hall–Kier alpha value is -3.19. The zero-order valence-electron chi connectivity index (χ0n) is 17.4. The Labute approximate surface area is 190 Å². The first-order chi connectivity index (χ1) is 15.4. The molecule has 1 heterocycles. The van der Waals surface area contributed by atoms with Crippen LogP contribution in [-0.2, 0) is 11.2 Å². The van der Waals surface area contributed by atoms with E-state index in [1.165, 1.54) is 16.8 Å². The molecule has 166 valence electrons. The second-order valence-corrected chi connectivity index (χ2v) is 8.36. The normalized spacial score (nSPS) is 14.3. The first kappa shape index (κ1) is 22.0. The van der Waals surface area contributed by atoms with Crippen LogP contribution >= 0.6 is 11.6 Å². The number of nitrogens with one attached hydrogen (secondary N) is 1. The molecule has 32 heavy (non-hydrogen) atoms. The van der Waals surface area contributed by atoms with E-state index in [-0.39, 0.29) is 23.0 Å². The van der Waals surface area contributed by atoms with Gasteiger partial charge in [0, 0.05) is 22.2 Å². The summed E-state index contributed by atoms with van der Waals surface area (Å²) in [6, 6.07) is 12.8. The van der Waals surface area contributed by atoms with Crippen molar-refractivity contribution in [2.75, 3.05) is 0 Å². The van der Waals surface area contributed by atoms with Gasteiger partial charge in [0.15, 0.2) is 5.69 Å². The molecule has 1 amide bonds. The van der Waals surface area contributed by atoms with E-state index in [9.17, 15) is 19.1 Å². The Bertz CT molecular complexity index is 1140. The summed E-state index contributed by atoms with van der Waals surface area (Å²) in [5.74, 6) is -2.09. The molecule has 1 saturated carbocycles. The van der Waals surface area contributed by atoms with E-state index in [1.54, 1.807) is 36.4 Å². The molecule has 6 nitrogen and oxygen atoms in total. The minimum Gasteiger partial charge on any atom is -0.481 e. The Morgan fingerprint density at radius 3 is 2.44 bits per heavy atom. The molecule has 0 bridgehead atoms. The van der Waals surface area contributed by atoms with E-state index >= 15 is 0 Å². The maximum Gasteiger partial charge on any atom is 0.307 e. The molecule has 2 N–H and O–H groups in total. The molecule has 0 atom stereocenters. The molecule has 0 saturated heterocycles. The van der Waals surface area contributed by atoms with E-state index < -0.39 is 24.1 Å². The third-order valence-corrected chi connectivity index (χ3v) is 5.92. The van der Waals surface area contributed by atoms with Gasteiger partial charge in [-0.1, -0.05) is 55.1 Å². The first-order valence-corrected chi connectivity index (χ1v) is 11.0. The minimum absolute atomic E-state index is 0.00817. The number of aromatic nitrogens is 2. The standard InChI is InChI=1S/C24H23ClFN3O3/c25-16-12-10-15(11-13-16)23-18(14-21(30)31)22(24(32)27-17-6-2-1-3-7-17)28-29(23)20-9-5-4-8-19(20)26/h4-5,8-13,17H,1-3,6-7,14H2,(H,27,32)(H,30,31). The van der Waals surface area contributed by atoms with Gasteiger partial charge in [0.2, 0.25) is 0 Å². The number of carbonyl (C=O) groups excluding carboxylic acids is 1. The number of carboxylic acid groups (broad SMARTS) is 1. The quantitative estimate of drug-likeness (QED) is 0.546. The fourth-order valence-corrected chi connectivity index (χ4v) is 4.28. The van der Waals surface area contributed by atoms with Gasteiger partial charge < -0.3 is 10.4 Å². The average Bonchev–Trinajstić information content (AvgIpc) is 3.13. The van der Waals surface area contributed by atoms with Crippen molar-refractivity contribution in [3.8, 4) is 16.9 Å². The summed E-state index contributed by atoms with van der Waals surface area (Å²) in [5, 5.41) is 17.5. The van der Waals surface area contributed by atoms with Crippen molar-refractivity contribution < 1.29 is 19.1 Å². The summed E-state index contributed by atoms with van der Waals surface area (Å²) < 4.78 is 16.0. The summed E-state index contributed by atoms with van der Waals surface area (Å²) in [5.41, 5.74) is 1.28. The number of amides is 1. The van der Waals surface area contributed by atoms with Gasteiger partial charge >= 0.3 is 5.97 Å². The van der Waals surface area contributed by atoms with E-state index in [4.69, 9.17) is 11.6 Å². The van der Waals surface area contributed by atoms with E-state index in [1.807, 2.05) is 0 Å². The second kappa shape index (κ2) is 9.53. The average molecular weight is 456 g/mol. The molecular weight excluding hydrogens is 433 g/mol. The molecule has 0 spiro atoms. The fraction of sp³-hybridized carbons (Fsp3) is 0.292. The van der Waals surface area contributed by atoms with Crippen molar-refractivity contribution in [2.24, 2.45) is 0 Å². The predicted octanol–water partition coefficient (Wildman–Crippen LogP) is 5.02. The number of rotatable bonds is 6. The van der Waals surface area contributed by atoms with Gasteiger partial charge in [0.05, 0.1) is 12.1 Å². The van der Waals surface area contributed by atoms with Crippen LogP contribution in [0.1, 0.15) is 48.2 Å². The van der Waals surface area contributed by atoms with Crippen LogP contribution in [0.4, 0.5) is 4.39 Å². The van der Waals surface area contributed by atoms with Crippen molar-refractivity contribution in [1.82, 2.24) is 15.1 Å². The van der Waals surface area contributed by atoms with Crippen LogP contribution in [0.2, 0.25) is 5.02 Å². The highest BCUT2D eigenvalue weighted by Crippen LogP contribution is 2.32. The Balaban J connectivity index is 1.88. The van der Waals surface area contributed by atoms with Gasteiger partial charge in [-0.25, -0.2) is 9.07 Å². The molecule has 1 aromatic heterocycles. The number of hydrogen-bond donors (Lipinski definition) is 2. The molecule has 0 radical (unpaired) electrons. The first-order valence-electron chi connectivity index (χ1n) is 10.6. The maximum atomic E-state index is 14.7. The van der Waals surface area contributed by atoms with Crippen molar-refractivity contribution in [3.63, 3.8) is 0 Å². The van der Waals surface area contributed by atoms with Crippen LogP contribution in [0.15, 0.2) is 48.5 Å². The monoisotopic (exact) mass is 455 g/mol. The lowest BCUT2D eigenvalue weighted by Gasteiger charge is -2.22. The Morgan fingerprint density at radius 1 is 1.09 bits per heavy atom. The highest BCUT2D eigenvalue weighted by molar-refractivity contribution is 6.30. The minimum atomic E-state index is -1.11. The summed E-state index contributed by atoms with van der Waals surface area (Å²) in [4.78, 5) is 24.9. The molecule has 1 aliphatic rings. The zero-order chi connectivity index (χ0) is 22.7. The number of para-hydroxylation sites is 1. The van der Waals surface area contributed by atoms with Gasteiger partial charge in [-0.15, -0.1) is 0 Å². The molecule has 8 heteroatoms. The van der Waals surface area contributed by atoms with Crippen LogP contribution in [0.5, 0.6) is 0 Å². The Morgan fingerprint density at radius 2 is 1.78 bits per heavy atom. The Kier molecular flexibility index (Phi) is 6.55. The van der Waals surface area contributed by atoms with Crippen molar-refractivity contribution >= 4 is 23.5 Å². The topological polar surface area (TPSA) is 84.2 Å². The lowest BCUT2D eigenvalue weighted by molar-refractivity contribution is -0.136. The number of hydrogen-bond acceptors (Lipinski definition) is 3. The zero-order valence-corrected chi connectivity index (χ0v) is 18.1. The van der Waals surface area contributed by atoms with E-state index in [2.05, 4.69) is 10.4 Å². The fourth-order valence-electron chi connectivity index (χ4n) is 4.15.